The van der Waals surface area contributed by atoms with Crippen LogP contribution in [-0.4, -0.2) is 27.3 Å². The molecule has 0 amide bonds. The van der Waals surface area contributed by atoms with Gasteiger partial charge in [0.15, 0.2) is 0 Å². The van der Waals surface area contributed by atoms with Crippen molar-refractivity contribution in [1.29, 1.82) is 0 Å². The van der Waals surface area contributed by atoms with Crippen LogP contribution in [0.1, 0.15) is 43.7 Å². The van der Waals surface area contributed by atoms with Crippen molar-refractivity contribution in [2.45, 2.75) is 51.2 Å². The van der Waals surface area contributed by atoms with Crippen molar-refractivity contribution in [3.63, 3.8) is 0 Å². The lowest BCUT2D eigenvalue weighted by molar-refractivity contribution is 0.101. The molecule has 0 aliphatic heterocycles. The molecule has 7 nitrogen and oxygen atoms in total. The van der Waals surface area contributed by atoms with Gasteiger partial charge in [0.2, 0.25) is 17.6 Å². The molecule has 0 bridgehead atoms. The zero-order valence-corrected chi connectivity index (χ0v) is 19.6. The third kappa shape index (κ3) is 4.65. The average molecular weight is 457 g/mol. The van der Waals surface area contributed by atoms with Crippen LogP contribution in [-0.2, 0) is 5.41 Å². The average Bonchev–Trinajstić information content (AvgIpc) is 3.25. The molecule has 0 saturated heterocycles. The van der Waals surface area contributed by atoms with Gasteiger partial charge >= 0.3 is 0 Å². The summed E-state index contributed by atoms with van der Waals surface area (Å²) in [5.74, 6) is 3.00. The van der Waals surface area contributed by atoms with Gasteiger partial charge in [0.1, 0.15) is 23.3 Å². The second kappa shape index (κ2) is 8.91. The first kappa shape index (κ1) is 22.1. The summed E-state index contributed by atoms with van der Waals surface area (Å²) in [6, 6.07) is 22.2. The van der Waals surface area contributed by atoms with Gasteiger partial charge in [-0.05, 0) is 54.3 Å². The van der Waals surface area contributed by atoms with Crippen LogP contribution in [0.25, 0.3) is 11.5 Å². The van der Waals surface area contributed by atoms with Crippen molar-refractivity contribution in [1.82, 2.24) is 15.1 Å². The van der Waals surface area contributed by atoms with Crippen molar-refractivity contribution < 1.29 is 14.0 Å². The minimum absolute atomic E-state index is 0.176. The molecule has 0 unspecified atom stereocenters. The maximum absolute atomic E-state index is 5.99. The molecule has 2 N–H and O–H groups in total. The number of hydrogen-bond donors (Lipinski definition) is 1. The van der Waals surface area contributed by atoms with Gasteiger partial charge in [0, 0.05) is 24.4 Å². The Labute approximate surface area is 198 Å². The lowest BCUT2D eigenvalue weighted by Crippen LogP contribution is -2.43. The highest BCUT2D eigenvalue weighted by Gasteiger charge is 2.28. The molecule has 2 aromatic heterocycles. The smallest absolute Gasteiger partial charge is 0.223 e. The van der Waals surface area contributed by atoms with Crippen molar-refractivity contribution in [2.75, 3.05) is 0 Å². The van der Waals surface area contributed by atoms with Crippen LogP contribution in [0.5, 0.6) is 17.4 Å². The van der Waals surface area contributed by atoms with E-state index in [1.165, 1.54) is 11.1 Å². The maximum atomic E-state index is 5.99. The highest BCUT2D eigenvalue weighted by molar-refractivity contribution is 5.49. The van der Waals surface area contributed by atoms with E-state index in [0.717, 1.165) is 18.6 Å². The topological polar surface area (TPSA) is 96.3 Å². The Bertz CT molecular complexity index is 1260. The maximum Gasteiger partial charge on any atom is 0.223 e. The fourth-order valence-corrected chi connectivity index (χ4v) is 4.07. The van der Waals surface area contributed by atoms with Crippen LogP contribution in [0, 0.1) is 6.92 Å². The second-order valence-corrected chi connectivity index (χ2v) is 9.25. The largest absolute Gasteiger partial charge is 0.490 e. The van der Waals surface area contributed by atoms with E-state index in [0.29, 0.717) is 29.0 Å². The second-order valence-electron chi connectivity index (χ2n) is 9.25. The van der Waals surface area contributed by atoms with Crippen LogP contribution in [0.3, 0.4) is 0 Å². The Morgan fingerprint density at radius 3 is 2.12 bits per heavy atom. The molecule has 174 valence electrons. The number of aryl methyl sites for hydroxylation is 1. The molecule has 2 aromatic carbocycles. The van der Waals surface area contributed by atoms with E-state index in [4.69, 9.17) is 19.7 Å². The van der Waals surface area contributed by atoms with Crippen LogP contribution in [0.15, 0.2) is 71.3 Å². The minimum Gasteiger partial charge on any atom is -0.490 e. The quantitative estimate of drug-likeness (QED) is 0.396. The fourth-order valence-electron chi connectivity index (χ4n) is 4.07. The van der Waals surface area contributed by atoms with Gasteiger partial charge in [-0.1, -0.05) is 49.3 Å². The molecule has 1 aliphatic carbocycles. The van der Waals surface area contributed by atoms with Gasteiger partial charge in [0.25, 0.3) is 0 Å². The van der Waals surface area contributed by atoms with Crippen LogP contribution >= 0.6 is 0 Å². The number of nitrogens with zero attached hydrogens (tertiary/aromatic N) is 3. The Hall–Kier alpha value is -3.71. The Morgan fingerprint density at radius 1 is 0.882 bits per heavy atom. The first-order chi connectivity index (χ1) is 16.4. The molecular formula is C27H28N4O3. The van der Waals surface area contributed by atoms with E-state index in [9.17, 15) is 0 Å². The molecule has 7 heteroatoms. The fraction of sp³-hybridized carbons (Fsp3) is 0.296. The molecule has 0 radical (unpaired) electrons. The summed E-state index contributed by atoms with van der Waals surface area (Å²) in [7, 11) is 0. The standard InChI is InChI=1S/C27H28N4O3/c1-17-29-26(31-34-17)24-5-4-6-25(30-24)33-22-13-9-19(10-14-22)27(2,3)18-7-11-21(12-8-18)32-23-15-20(28)16-23/h4-14,20,23H,15-16,28H2,1-3H3. The summed E-state index contributed by atoms with van der Waals surface area (Å²) in [5.41, 5.74) is 8.67. The molecule has 2 heterocycles. The van der Waals surface area contributed by atoms with Crippen molar-refractivity contribution in [2.24, 2.45) is 5.73 Å². The zero-order chi connectivity index (χ0) is 23.7. The van der Waals surface area contributed by atoms with Gasteiger partial charge in [-0.25, -0.2) is 4.98 Å². The molecule has 1 saturated carbocycles. The number of benzene rings is 2. The minimum atomic E-state index is -0.176. The van der Waals surface area contributed by atoms with Crippen molar-refractivity contribution >= 4 is 0 Å². The van der Waals surface area contributed by atoms with E-state index >= 15 is 0 Å². The summed E-state index contributed by atoms with van der Waals surface area (Å²) in [6.07, 6.45) is 2.10. The monoisotopic (exact) mass is 456 g/mol. The van der Waals surface area contributed by atoms with Gasteiger partial charge in [0.05, 0.1) is 0 Å². The van der Waals surface area contributed by atoms with E-state index < -0.39 is 0 Å². The molecule has 0 atom stereocenters. The van der Waals surface area contributed by atoms with Crippen LogP contribution < -0.4 is 15.2 Å². The molecule has 0 spiro atoms. The normalized spacial score (nSPS) is 17.8. The zero-order valence-electron chi connectivity index (χ0n) is 19.6. The summed E-state index contributed by atoms with van der Waals surface area (Å²) >= 11 is 0. The van der Waals surface area contributed by atoms with E-state index in [2.05, 4.69) is 53.2 Å². The lowest BCUT2D eigenvalue weighted by Gasteiger charge is -2.33. The number of nitrogens with two attached hydrogens (primary N) is 1. The number of rotatable bonds is 7. The molecule has 1 fully saturated rings. The Balaban J connectivity index is 1.27. The van der Waals surface area contributed by atoms with E-state index in [1.807, 2.05) is 36.4 Å². The van der Waals surface area contributed by atoms with E-state index in [-0.39, 0.29) is 17.6 Å². The number of ether oxygens (including phenoxy) is 2. The molecule has 4 aromatic rings. The summed E-state index contributed by atoms with van der Waals surface area (Å²) in [6.45, 7) is 6.16. The first-order valence-corrected chi connectivity index (χ1v) is 11.5. The predicted octanol–water partition coefficient (Wildman–Crippen LogP) is 5.43. The Kier molecular flexibility index (Phi) is 5.79. The van der Waals surface area contributed by atoms with Crippen molar-refractivity contribution in [3.8, 4) is 28.9 Å². The SMILES string of the molecule is Cc1nc(-c2cccc(Oc3ccc(C(C)(C)c4ccc(OC5CC(N)C5)cc4)cc3)n2)no1. The summed E-state index contributed by atoms with van der Waals surface area (Å²) < 4.78 is 17.0. The molecule has 5 rings (SSSR count). The predicted molar refractivity (Wildman–Crippen MR) is 129 cm³/mol. The van der Waals surface area contributed by atoms with Crippen LogP contribution in [0.2, 0.25) is 0 Å². The Morgan fingerprint density at radius 2 is 1.53 bits per heavy atom. The first-order valence-electron chi connectivity index (χ1n) is 11.5. The summed E-state index contributed by atoms with van der Waals surface area (Å²) in [4.78, 5) is 8.70. The highest BCUT2D eigenvalue weighted by Crippen LogP contribution is 2.34. The van der Waals surface area contributed by atoms with Gasteiger partial charge in [-0.15, -0.1) is 0 Å². The highest BCUT2D eigenvalue weighted by atomic mass is 16.5. The third-order valence-corrected chi connectivity index (χ3v) is 6.29. The van der Waals surface area contributed by atoms with Crippen molar-refractivity contribution in [3.05, 3.63) is 83.7 Å². The van der Waals surface area contributed by atoms with Gasteiger partial charge in [-0.3, -0.25) is 0 Å². The summed E-state index contributed by atoms with van der Waals surface area (Å²) in [5, 5.41) is 3.91. The number of pyridine rings is 1. The molecule has 34 heavy (non-hydrogen) atoms. The van der Waals surface area contributed by atoms with E-state index in [1.54, 1.807) is 13.0 Å². The number of aromatic nitrogens is 3. The molecular weight excluding hydrogens is 428 g/mol. The molecule has 1 aliphatic rings. The van der Waals surface area contributed by atoms with Crippen LogP contribution in [0.4, 0.5) is 0 Å². The van der Waals surface area contributed by atoms with Gasteiger partial charge < -0.3 is 19.7 Å². The third-order valence-electron chi connectivity index (χ3n) is 6.29. The van der Waals surface area contributed by atoms with Gasteiger partial charge in [-0.2, -0.15) is 4.98 Å². The number of hydrogen-bond acceptors (Lipinski definition) is 7. The lowest BCUT2D eigenvalue weighted by atomic mass is 9.78.